The van der Waals surface area contributed by atoms with Crippen molar-refractivity contribution in [1.82, 2.24) is 0 Å². The lowest BCUT2D eigenvalue weighted by Crippen LogP contribution is -1.73. The van der Waals surface area contributed by atoms with Crippen LogP contribution in [-0.4, -0.2) is 0 Å². The molecule has 0 aliphatic rings. The fraction of sp³-hybridized carbons (Fsp3) is 0.625. The number of rotatable bonds is 4. The molecule has 0 heteroatoms. The second-order valence-corrected chi connectivity index (χ2v) is 3.15. The van der Waals surface area contributed by atoms with Crippen molar-refractivity contribution in [1.29, 1.82) is 0 Å². The highest BCUT2D eigenvalue weighted by Crippen LogP contribution is 2.04. The van der Waals surface area contributed by atoms with Gasteiger partial charge in [0, 0.05) is 0 Å². The number of hydrogen-bond donors (Lipinski definition) is 0. The van der Waals surface area contributed by atoms with Crippen molar-refractivity contribution in [3.8, 4) is 0 Å². The molecule has 0 saturated carbocycles. The van der Waals surface area contributed by atoms with Crippen LogP contribution in [0.15, 0.2) is 35.5 Å². The molecule has 0 atom stereocenters. The summed E-state index contributed by atoms with van der Waals surface area (Å²) in [4.78, 5) is 0. The van der Waals surface area contributed by atoms with Gasteiger partial charge in [0.2, 0.25) is 0 Å². The molecule has 0 fully saturated rings. The molecule has 96 valence electrons. The van der Waals surface area contributed by atoms with Crippen LogP contribution in [0.25, 0.3) is 0 Å². The average Bonchev–Trinajstić information content (AvgIpc) is 2.34. The Labute approximate surface area is 104 Å². The first-order chi connectivity index (χ1) is 7.70. The van der Waals surface area contributed by atoms with Crippen molar-refractivity contribution in [2.45, 2.75) is 68.2 Å². The molecule has 0 aromatic heterocycles. The monoisotopic (exact) mass is 224 g/mol. The van der Waals surface area contributed by atoms with Crippen LogP contribution in [0, 0.1) is 0 Å². The molecule has 0 bridgehead atoms. The summed E-state index contributed by atoms with van der Waals surface area (Å²) >= 11 is 0. The molecule has 0 rings (SSSR count). The lowest BCUT2D eigenvalue weighted by molar-refractivity contribution is 1.13. The van der Waals surface area contributed by atoms with Gasteiger partial charge in [0.25, 0.3) is 0 Å². The van der Waals surface area contributed by atoms with Crippen LogP contribution < -0.4 is 0 Å². The SMILES string of the molecule is CC.CC.CC/C=C/C(=C\C=C(C)C)CC. The maximum absolute atomic E-state index is 2.21. The molecule has 0 nitrogen and oxygen atoms in total. The number of allylic oxidation sites excluding steroid dienone is 6. The minimum absolute atomic E-state index is 1.11. The molecule has 0 aromatic carbocycles. The predicted molar refractivity (Wildman–Crippen MR) is 79.9 cm³/mol. The van der Waals surface area contributed by atoms with E-state index in [4.69, 9.17) is 0 Å². The topological polar surface area (TPSA) is 0 Å². The van der Waals surface area contributed by atoms with Crippen molar-refractivity contribution >= 4 is 0 Å². The standard InChI is InChI=1S/C12H20.2C2H6/c1-5-7-8-12(6-2)10-9-11(3)4;2*1-2/h7-10H,5-6H2,1-4H3;2*1-2H3/b8-7+,12-10-;;. The van der Waals surface area contributed by atoms with E-state index in [0.29, 0.717) is 0 Å². The van der Waals surface area contributed by atoms with Crippen LogP contribution in [0.4, 0.5) is 0 Å². The highest BCUT2D eigenvalue weighted by molar-refractivity contribution is 5.24. The third-order valence-electron chi connectivity index (χ3n) is 1.61. The summed E-state index contributed by atoms with van der Waals surface area (Å²) in [7, 11) is 0. The van der Waals surface area contributed by atoms with Gasteiger partial charge >= 0.3 is 0 Å². The maximum atomic E-state index is 2.21. The first-order valence-electron chi connectivity index (χ1n) is 6.71. The Morgan fingerprint density at radius 3 is 1.69 bits per heavy atom. The highest BCUT2D eigenvalue weighted by atomic mass is 13.9. The van der Waals surface area contributed by atoms with E-state index in [9.17, 15) is 0 Å². The van der Waals surface area contributed by atoms with Gasteiger partial charge in [-0.1, -0.05) is 71.4 Å². The zero-order valence-electron chi connectivity index (χ0n) is 12.7. The predicted octanol–water partition coefficient (Wildman–Crippen LogP) is 6.31. The van der Waals surface area contributed by atoms with Gasteiger partial charge in [0.15, 0.2) is 0 Å². The summed E-state index contributed by atoms with van der Waals surface area (Å²) in [6.45, 7) is 16.6. The smallest absolute Gasteiger partial charge is 0.0308 e. The second kappa shape index (κ2) is 19.7. The molecular formula is C16H32. The molecule has 0 radical (unpaired) electrons. The van der Waals surface area contributed by atoms with Gasteiger partial charge in [-0.25, -0.2) is 0 Å². The Kier molecular flexibility index (Phi) is 25.4. The molecular weight excluding hydrogens is 192 g/mol. The van der Waals surface area contributed by atoms with Crippen molar-refractivity contribution in [3.63, 3.8) is 0 Å². The Bertz CT molecular complexity index is 188. The highest BCUT2D eigenvalue weighted by Gasteiger charge is 1.84. The van der Waals surface area contributed by atoms with Gasteiger partial charge in [-0.05, 0) is 32.3 Å². The zero-order chi connectivity index (χ0) is 13.4. The lowest BCUT2D eigenvalue weighted by Gasteiger charge is -1.94. The molecule has 0 heterocycles. The van der Waals surface area contributed by atoms with E-state index in [0.717, 1.165) is 12.8 Å². The summed E-state index contributed by atoms with van der Waals surface area (Å²) in [5.41, 5.74) is 2.75. The Morgan fingerprint density at radius 1 is 0.875 bits per heavy atom. The molecule has 0 aromatic rings. The van der Waals surface area contributed by atoms with Crippen LogP contribution in [0.3, 0.4) is 0 Å². The third-order valence-corrected chi connectivity index (χ3v) is 1.61. The van der Waals surface area contributed by atoms with Gasteiger partial charge in [0.1, 0.15) is 0 Å². The normalized spacial score (nSPS) is 9.88. The molecule has 0 aliphatic carbocycles. The minimum Gasteiger partial charge on any atom is -0.0845 e. The van der Waals surface area contributed by atoms with E-state index in [1.807, 2.05) is 27.7 Å². The Morgan fingerprint density at radius 2 is 1.38 bits per heavy atom. The second-order valence-electron chi connectivity index (χ2n) is 3.15. The fourth-order valence-electron chi connectivity index (χ4n) is 0.834. The first-order valence-corrected chi connectivity index (χ1v) is 6.71. The van der Waals surface area contributed by atoms with Crippen LogP contribution in [0.1, 0.15) is 68.2 Å². The molecule has 0 unspecified atom stereocenters. The van der Waals surface area contributed by atoms with Gasteiger partial charge in [-0.3, -0.25) is 0 Å². The maximum Gasteiger partial charge on any atom is -0.0308 e. The third kappa shape index (κ3) is 18.9. The van der Waals surface area contributed by atoms with E-state index >= 15 is 0 Å². The summed E-state index contributed by atoms with van der Waals surface area (Å²) < 4.78 is 0. The van der Waals surface area contributed by atoms with Crippen molar-refractivity contribution in [3.05, 3.63) is 35.5 Å². The Balaban J connectivity index is -0.000000376. The van der Waals surface area contributed by atoms with E-state index in [1.165, 1.54) is 11.1 Å². The zero-order valence-corrected chi connectivity index (χ0v) is 12.7. The lowest BCUT2D eigenvalue weighted by atomic mass is 10.1. The van der Waals surface area contributed by atoms with E-state index < -0.39 is 0 Å². The summed E-state index contributed by atoms with van der Waals surface area (Å²) in [6, 6.07) is 0. The largest absolute Gasteiger partial charge is 0.0845 e. The first kappa shape index (κ1) is 20.6. The average molecular weight is 224 g/mol. The Hall–Kier alpha value is -0.780. The van der Waals surface area contributed by atoms with Crippen molar-refractivity contribution in [2.24, 2.45) is 0 Å². The van der Waals surface area contributed by atoms with Crippen LogP contribution in [0.2, 0.25) is 0 Å². The molecule has 16 heavy (non-hydrogen) atoms. The summed E-state index contributed by atoms with van der Waals surface area (Å²) in [5.74, 6) is 0. The fourth-order valence-corrected chi connectivity index (χ4v) is 0.834. The van der Waals surface area contributed by atoms with Gasteiger partial charge in [-0.15, -0.1) is 0 Å². The minimum atomic E-state index is 1.11. The molecule has 0 amide bonds. The van der Waals surface area contributed by atoms with Crippen LogP contribution in [-0.2, 0) is 0 Å². The van der Waals surface area contributed by atoms with E-state index in [2.05, 4.69) is 52.0 Å². The molecule has 0 aliphatic heterocycles. The summed E-state index contributed by atoms with van der Waals surface area (Å²) in [6.07, 6.45) is 11.0. The van der Waals surface area contributed by atoms with Gasteiger partial charge < -0.3 is 0 Å². The van der Waals surface area contributed by atoms with Crippen LogP contribution >= 0.6 is 0 Å². The molecule has 0 spiro atoms. The van der Waals surface area contributed by atoms with Crippen molar-refractivity contribution in [2.75, 3.05) is 0 Å². The summed E-state index contributed by atoms with van der Waals surface area (Å²) in [5, 5.41) is 0. The van der Waals surface area contributed by atoms with E-state index in [1.54, 1.807) is 0 Å². The quantitative estimate of drug-likeness (QED) is 0.491. The van der Waals surface area contributed by atoms with Gasteiger partial charge in [-0.2, -0.15) is 0 Å². The number of hydrogen-bond acceptors (Lipinski definition) is 0. The van der Waals surface area contributed by atoms with E-state index in [-0.39, 0.29) is 0 Å². The van der Waals surface area contributed by atoms with Gasteiger partial charge in [0.05, 0.1) is 0 Å². The van der Waals surface area contributed by atoms with Crippen LogP contribution in [0.5, 0.6) is 0 Å². The molecule has 0 saturated heterocycles. The van der Waals surface area contributed by atoms with Crippen molar-refractivity contribution < 1.29 is 0 Å². The molecule has 0 N–H and O–H groups in total.